The fourth-order valence-electron chi connectivity index (χ4n) is 4.88. The molecule has 3 aromatic rings. The smallest absolute Gasteiger partial charge is 0.410 e. The molecule has 0 bridgehead atoms. The molecule has 0 saturated heterocycles. The molecule has 2 heterocycles. The Labute approximate surface area is 227 Å². The van der Waals surface area contributed by atoms with Gasteiger partial charge in [-0.2, -0.15) is 0 Å². The molecule has 3 N–H and O–H groups in total. The van der Waals surface area contributed by atoms with E-state index in [1.165, 1.54) is 0 Å². The summed E-state index contributed by atoms with van der Waals surface area (Å²) in [6.45, 7) is 2.80. The van der Waals surface area contributed by atoms with E-state index in [1.54, 1.807) is 11.8 Å². The number of carbonyl (C=O) groups is 1. The molecule has 204 valence electrons. The number of aromatic nitrogens is 1. The minimum Gasteiger partial charge on any atom is -0.493 e. The number of aromatic amines is 1. The van der Waals surface area contributed by atoms with Gasteiger partial charge >= 0.3 is 6.09 Å². The van der Waals surface area contributed by atoms with Gasteiger partial charge in [0.05, 0.1) is 24.6 Å². The lowest BCUT2D eigenvalue weighted by atomic mass is 9.92. The number of carbonyl (C=O) groups excluding carboxylic acids is 1. The minimum absolute atomic E-state index is 0.0233. The SMILES string of the molecule is CCOC(=O)N1CCc2c([nH]c3ccc(Cl)cc23)C1c1ccc(OCCC(O)CNS(=O)(=O)C2CC2)cc1. The molecule has 11 heteroatoms. The zero-order valence-corrected chi connectivity index (χ0v) is 22.7. The first-order chi connectivity index (χ1) is 18.3. The zero-order chi connectivity index (χ0) is 26.9. The van der Waals surface area contributed by atoms with E-state index in [1.807, 2.05) is 42.5 Å². The van der Waals surface area contributed by atoms with E-state index in [-0.39, 0.29) is 43.6 Å². The van der Waals surface area contributed by atoms with Crippen LogP contribution in [0.3, 0.4) is 0 Å². The number of aliphatic hydroxyl groups excluding tert-OH is 1. The molecule has 2 atom stereocenters. The van der Waals surface area contributed by atoms with E-state index in [0.717, 1.165) is 27.7 Å². The predicted octanol–water partition coefficient (Wildman–Crippen LogP) is 4.14. The van der Waals surface area contributed by atoms with E-state index in [0.29, 0.717) is 36.6 Å². The molecule has 1 fully saturated rings. The van der Waals surface area contributed by atoms with Crippen LogP contribution in [0.2, 0.25) is 5.02 Å². The number of nitrogens with zero attached hydrogens (tertiary/aromatic N) is 1. The van der Waals surface area contributed by atoms with Crippen molar-refractivity contribution in [3.63, 3.8) is 0 Å². The van der Waals surface area contributed by atoms with Crippen molar-refractivity contribution in [2.75, 3.05) is 26.3 Å². The molecule has 2 aromatic carbocycles. The van der Waals surface area contributed by atoms with Gasteiger partial charge in [-0.3, -0.25) is 4.90 Å². The van der Waals surface area contributed by atoms with Crippen LogP contribution in [-0.4, -0.2) is 67.2 Å². The third kappa shape index (κ3) is 5.78. The summed E-state index contributed by atoms with van der Waals surface area (Å²) in [6.07, 6.45) is 1.13. The van der Waals surface area contributed by atoms with Crippen LogP contribution >= 0.6 is 11.6 Å². The van der Waals surface area contributed by atoms with E-state index >= 15 is 0 Å². The highest BCUT2D eigenvalue weighted by molar-refractivity contribution is 7.90. The Morgan fingerprint density at radius 2 is 2.00 bits per heavy atom. The molecular weight excluding hydrogens is 530 g/mol. The molecule has 2 unspecified atom stereocenters. The average molecular weight is 562 g/mol. The van der Waals surface area contributed by atoms with Gasteiger partial charge in [-0.15, -0.1) is 0 Å². The molecule has 1 amide bonds. The van der Waals surface area contributed by atoms with Crippen molar-refractivity contribution in [3.8, 4) is 5.75 Å². The van der Waals surface area contributed by atoms with Crippen LogP contribution in [0.15, 0.2) is 42.5 Å². The van der Waals surface area contributed by atoms with Crippen molar-refractivity contribution in [2.24, 2.45) is 0 Å². The fourth-order valence-corrected chi connectivity index (χ4v) is 6.47. The Morgan fingerprint density at radius 1 is 1.24 bits per heavy atom. The van der Waals surface area contributed by atoms with Gasteiger partial charge in [0, 0.05) is 41.1 Å². The topological polar surface area (TPSA) is 121 Å². The van der Waals surface area contributed by atoms with Crippen molar-refractivity contribution in [1.82, 2.24) is 14.6 Å². The van der Waals surface area contributed by atoms with Gasteiger partial charge in [0.2, 0.25) is 10.0 Å². The average Bonchev–Trinajstić information content (AvgIpc) is 3.70. The summed E-state index contributed by atoms with van der Waals surface area (Å²) in [5, 5.41) is 11.5. The van der Waals surface area contributed by atoms with Gasteiger partial charge in [-0.1, -0.05) is 23.7 Å². The third-order valence-electron chi connectivity index (χ3n) is 6.99. The second kappa shape index (κ2) is 11.1. The Hall–Kier alpha value is -2.79. The number of ether oxygens (including phenoxy) is 2. The van der Waals surface area contributed by atoms with Crippen LogP contribution in [-0.2, 0) is 21.2 Å². The summed E-state index contributed by atoms with van der Waals surface area (Å²) in [6, 6.07) is 12.9. The van der Waals surface area contributed by atoms with Crippen molar-refractivity contribution in [2.45, 2.75) is 50.0 Å². The number of amides is 1. The van der Waals surface area contributed by atoms with Gasteiger partial charge < -0.3 is 19.6 Å². The lowest BCUT2D eigenvalue weighted by Gasteiger charge is -2.35. The number of H-pyrrole nitrogens is 1. The van der Waals surface area contributed by atoms with Gasteiger partial charge in [-0.25, -0.2) is 17.9 Å². The van der Waals surface area contributed by atoms with Crippen LogP contribution < -0.4 is 9.46 Å². The van der Waals surface area contributed by atoms with Gasteiger partial charge in [0.25, 0.3) is 0 Å². The number of nitrogens with one attached hydrogen (secondary N) is 2. The fraction of sp³-hybridized carbons (Fsp3) is 0.444. The molecule has 1 aliphatic carbocycles. The maximum Gasteiger partial charge on any atom is 0.410 e. The first-order valence-electron chi connectivity index (χ1n) is 12.9. The second-order valence-corrected chi connectivity index (χ2v) is 12.2. The van der Waals surface area contributed by atoms with Crippen molar-refractivity contribution < 1.29 is 27.8 Å². The number of halogens is 1. The van der Waals surface area contributed by atoms with Crippen LogP contribution in [0.4, 0.5) is 4.79 Å². The lowest BCUT2D eigenvalue weighted by molar-refractivity contribution is 0.0932. The zero-order valence-electron chi connectivity index (χ0n) is 21.2. The molecule has 0 radical (unpaired) electrons. The monoisotopic (exact) mass is 561 g/mol. The summed E-state index contributed by atoms with van der Waals surface area (Å²) in [5.41, 5.74) is 3.94. The number of aliphatic hydroxyl groups is 1. The van der Waals surface area contributed by atoms with Crippen molar-refractivity contribution >= 4 is 38.6 Å². The number of benzene rings is 2. The van der Waals surface area contributed by atoms with Crippen LogP contribution in [0.1, 0.15) is 49.0 Å². The Kier molecular flexibility index (Phi) is 7.85. The highest BCUT2D eigenvalue weighted by atomic mass is 35.5. The largest absolute Gasteiger partial charge is 0.493 e. The molecule has 9 nitrogen and oxygen atoms in total. The van der Waals surface area contributed by atoms with E-state index in [9.17, 15) is 18.3 Å². The van der Waals surface area contributed by atoms with Gasteiger partial charge in [-0.05, 0) is 67.6 Å². The van der Waals surface area contributed by atoms with E-state index in [2.05, 4.69) is 9.71 Å². The summed E-state index contributed by atoms with van der Waals surface area (Å²) in [5.74, 6) is 0.613. The predicted molar refractivity (Wildman–Crippen MR) is 145 cm³/mol. The van der Waals surface area contributed by atoms with Crippen molar-refractivity contribution in [3.05, 3.63) is 64.3 Å². The number of sulfonamides is 1. The molecular formula is C27H32ClN3O6S. The first-order valence-corrected chi connectivity index (χ1v) is 14.8. The normalized spacial score (nSPS) is 18.3. The van der Waals surface area contributed by atoms with E-state index in [4.69, 9.17) is 21.1 Å². The molecule has 2 aliphatic rings. The molecule has 0 spiro atoms. The number of hydrogen-bond acceptors (Lipinski definition) is 6. The second-order valence-electron chi connectivity index (χ2n) is 9.70. The number of hydrogen-bond donors (Lipinski definition) is 3. The van der Waals surface area contributed by atoms with Crippen molar-refractivity contribution in [1.29, 1.82) is 0 Å². The minimum atomic E-state index is -3.32. The van der Waals surface area contributed by atoms with Crippen LogP contribution in [0.25, 0.3) is 10.9 Å². The molecule has 1 aromatic heterocycles. The molecule has 1 aliphatic heterocycles. The lowest BCUT2D eigenvalue weighted by Crippen LogP contribution is -2.40. The maximum atomic E-state index is 12.9. The molecule has 1 saturated carbocycles. The Bertz CT molecular complexity index is 1400. The summed E-state index contributed by atoms with van der Waals surface area (Å²) in [4.78, 5) is 18.1. The molecule has 38 heavy (non-hydrogen) atoms. The molecule has 5 rings (SSSR count). The van der Waals surface area contributed by atoms with E-state index < -0.39 is 16.1 Å². The van der Waals surface area contributed by atoms with Gasteiger partial charge in [0.1, 0.15) is 11.8 Å². The first kappa shape index (κ1) is 26.8. The highest BCUT2D eigenvalue weighted by Gasteiger charge is 2.36. The Balaban J connectivity index is 1.28. The quantitative estimate of drug-likeness (QED) is 0.342. The third-order valence-corrected chi connectivity index (χ3v) is 9.14. The maximum absolute atomic E-state index is 12.9. The standard InChI is InChI=1S/C27H32ClN3O6S/c1-2-36-27(33)31-13-11-22-23-15-18(28)5-10-24(23)30-25(22)26(31)17-3-6-20(7-4-17)37-14-12-19(32)16-29-38(34,35)21-8-9-21/h3-7,10,15,19,21,26,29-30,32H,2,8-9,11-14,16H2,1H3. The summed E-state index contributed by atoms with van der Waals surface area (Å²) >= 11 is 6.26. The summed E-state index contributed by atoms with van der Waals surface area (Å²) < 4.78 is 37.4. The number of fused-ring (bicyclic) bond motifs is 3. The van der Waals surface area contributed by atoms with Crippen LogP contribution in [0, 0.1) is 0 Å². The highest BCUT2D eigenvalue weighted by Crippen LogP contribution is 2.39. The Morgan fingerprint density at radius 3 is 2.71 bits per heavy atom. The summed E-state index contributed by atoms with van der Waals surface area (Å²) in [7, 11) is -3.32. The number of rotatable bonds is 10. The van der Waals surface area contributed by atoms with Gasteiger partial charge in [0.15, 0.2) is 0 Å². The van der Waals surface area contributed by atoms with Crippen LogP contribution in [0.5, 0.6) is 5.75 Å².